The molecule has 5 nitrogen and oxygen atoms in total. The second-order valence-corrected chi connectivity index (χ2v) is 6.70. The van der Waals surface area contributed by atoms with Gasteiger partial charge in [-0.1, -0.05) is 38.1 Å². The number of hydrogen-bond donors (Lipinski definition) is 2. The second kappa shape index (κ2) is 8.54. The molecule has 0 aliphatic rings. The van der Waals surface area contributed by atoms with Crippen LogP contribution in [0.5, 0.6) is 5.75 Å². The predicted octanol–water partition coefficient (Wildman–Crippen LogP) is 4.53. The SMILES string of the molecule is CCOc1ccc(-c2cc(C(=O)NCc3ccc(C(C)C)cc3)[nH]n2)cc1. The molecule has 0 aliphatic carbocycles. The lowest BCUT2D eigenvalue weighted by atomic mass is 10.0. The lowest BCUT2D eigenvalue weighted by molar-refractivity contribution is 0.0946. The van der Waals surface area contributed by atoms with Gasteiger partial charge in [0.2, 0.25) is 0 Å². The molecular formula is C22H25N3O2. The highest BCUT2D eigenvalue weighted by Gasteiger charge is 2.11. The summed E-state index contributed by atoms with van der Waals surface area (Å²) in [6.07, 6.45) is 0. The maximum Gasteiger partial charge on any atom is 0.269 e. The maximum atomic E-state index is 12.4. The summed E-state index contributed by atoms with van der Waals surface area (Å²) in [5, 5.41) is 9.98. The van der Waals surface area contributed by atoms with Crippen molar-refractivity contribution in [1.82, 2.24) is 15.5 Å². The zero-order valence-electron chi connectivity index (χ0n) is 16.0. The molecule has 2 aromatic carbocycles. The Morgan fingerprint density at radius 2 is 1.81 bits per heavy atom. The molecule has 3 aromatic rings. The number of amides is 1. The highest BCUT2D eigenvalue weighted by Crippen LogP contribution is 2.21. The number of aromatic nitrogens is 2. The van der Waals surface area contributed by atoms with E-state index in [-0.39, 0.29) is 5.91 Å². The van der Waals surface area contributed by atoms with E-state index in [1.807, 2.05) is 43.3 Å². The van der Waals surface area contributed by atoms with E-state index >= 15 is 0 Å². The van der Waals surface area contributed by atoms with E-state index in [2.05, 4.69) is 41.5 Å². The number of hydrogen-bond acceptors (Lipinski definition) is 3. The third kappa shape index (κ3) is 4.76. The van der Waals surface area contributed by atoms with Crippen LogP contribution < -0.4 is 10.1 Å². The summed E-state index contributed by atoms with van der Waals surface area (Å²) in [5.41, 5.74) is 4.46. The summed E-state index contributed by atoms with van der Waals surface area (Å²) in [4.78, 5) is 12.4. The largest absolute Gasteiger partial charge is 0.494 e. The van der Waals surface area contributed by atoms with Gasteiger partial charge in [0.1, 0.15) is 11.4 Å². The van der Waals surface area contributed by atoms with Crippen LogP contribution in [0, 0.1) is 0 Å². The lowest BCUT2D eigenvalue weighted by Gasteiger charge is -2.07. The number of carbonyl (C=O) groups is 1. The van der Waals surface area contributed by atoms with Crippen LogP contribution in [-0.4, -0.2) is 22.7 Å². The Morgan fingerprint density at radius 1 is 1.11 bits per heavy atom. The third-order valence-corrected chi connectivity index (χ3v) is 4.38. The molecule has 3 rings (SSSR count). The summed E-state index contributed by atoms with van der Waals surface area (Å²) in [6, 6.07) is 17.7. The lowest BCUT2D eigenvalue weighted by Crippen LogP contribution is -2.23. The summed E-state index contributed by atoms with van der Waals surface area (Å²) in [6.45, 7) is 7.39. The summed E-state index contributed by atoms with van der Waals surface area (Å²) in [7, 11) is 0. The van der Waals surface area contributed by atoms with Gasteiger partial charge >= 0.3 is 0 Å². The summed E-state index contributed by atoms with van der Waals surface area (Å²) in [5.74, 6) is 1.14. The first-order valence-corrected chi connectivity index (χ1v) is 9.22. The molecule has 1 heterocycles. The van der Waals surface area contributed by atoms with E-state index in [0.717, 1.165) is 22.6 Å². The van der Waals surface area contributed by atoms with E-state index in [9.17, 15) is 4.79 Å². The number of nitrogens with one attached hydrogen (secondary N) is 2. The molecule has 0 saturated heterocycles. The Hall–Kier alpha value is -3.08. The molecule has 2 N–H and O–H groups in total. The standard InChI is InChI=1S/C22H25N3O2/c1-4-27-19-11-9-18(10-12-19)20-13-21(25-24-20)22(26)23-14-16-5-7-17(8-6-16)15(2)3/h5-13,15H,4,14H2,1-3H3,(H,23,26)(H,24,25). The van der Waals surface area contributed by atoms with Crippen LogP contribution >= 0.6 is 0 Å². The first-order valence-electron chi connectivity index (χ1n) is 9.22. The smallest absolute Gasteiger partial charge is 0.269 e. The van der Waals surface area contributed by atoms with Crippen LogP contribution in [0.1, 0.15) is 48.3 Å². The van der Waals surface area contributed by atoms with Crippen molar-refractivity contribution in [1.29, 1.82) is 0 Å². The average Bonchev–Trinajstić information content (AvgIpc) is 3.17. The van der Waals surface area contributed by atoms with Crippen molar-refractivity contribution in [3.05, 3.63) is 71.4 Å². The fraction of sp³-hybridized carbons (Fsp3) is 0.273. The van der Waals surface area contributed by atoms with Crippen molar-refractivity contribution in [2.75, 3.05) is 6.61 Å². The number of carbonyl (C=O) groups excluding carboxylic acids is 1. The second-order valence-electron chi connectivity index (χ2n) is 6.70. The van der Waals surface area contributed by atoms with Gasteiger partial charge in [-0.2, -0.15) is 5.10 Å². The van der Waals surface area contributed by atoms with Crippen molar-refractivity contribution < 1.29 is 9.53 Å². The van der Waals surface area contributed by atoms with Crippen LogP contribution in [0.25, 0.3) is 11.3 Å². The normalized spacial score (nSPS) is 10.8. The molecule has 1 aromatic heterocycles. The van der Waals surface area contributed by atoms with Crippen LogP contribution in [0.15, 0.2) is 54.6 Å². The van der Waals surface area contributed by atoms with Crippen molar-refractivity contribution in [3.8, 4) is 17.0 Å². The Bertz CT molecular complexity index is 881. The molecule has 5 heteroatoms. The fourth-order valence-corrected chi connectivity index (χ4v) is 2.77. The maximum absolute atomic E-state index is 12.4. The first-order chi connectivity index (χ1) is 13.1. The molecule has 0 spiro atoms. The van der Waals surface area contributed by atoms with Gasteiger partial charge in [-0.3, -0.25) is 9.89 Å². The minimum Gasteiger partial charge on any atom is -0.494 e. The monoisotopic (exact) mass is 363 g/mol. The van der Waals surface area contributed by atoms with Gasteiger partial charge < -0.3 is 10.1 Å². The van der Waals surface area contributed by atoms with Gasteiger partial charge in [-0.15, -0.1) is 0 Å². The Labute approximate surface area is 159 Å². The summed E-state index contributed by atoms with van der Waals surface area (Å²) < 4.78 is 5.44. The van der Waals surface area contributed by atoms with Gasteiger partial charge in [-0.25, -0.2) is 0 Å². The number of H-pyrrole nitrogens is 1. The van der Waals surface area contributed by atoms with Gasteiger partial charge in [-0.05, 0) is 54.3 Å². The molecular weight excluding hydrogens is 338 g/mol. The summed E-state index contributed by atoms with van der Waals surface area (Å²) >= 11 is 0. The van der Waals surface area contributed by atoms with E-state index in [1.165, 1.54) is 5.56 Å². The molecule has 140 valence electrons. The number of benzene rings is 2. The molecule has 0 unspecified atom stereocenters. The zero-order valence-corrected chi connectivity index (χ0v) is 16.0. The Balaban J connectivity index is 1.61. The van der Waals surface area contributed by atoms with Gasteiger partial charge in [0, 0.05) is 12.1 Å². The van der Waals surface area contributed by atoms with E-state index in [0.29, 0.717) is 24.8 Å². The number of ether oxygens (including phenoxy) is 1. The fourth-order valence-electron chi connectivity index (χ4n) is 2.77. The van der Waals surface area contributed by atoms with Crippen molar-refractivity contribution in [3.63, 3.8) is 0 Å². The van der Waals surface area contributed by atoms with Gasteiger partial charge in [0.05, 0.1) is 12.3 Å². The number of rotatable bonds is 7. The topological polar surface area (TPSA) is 67.0 Å². The Morgan fingerprint density at radius 3 is 2.44 bits per heavy atom. The van der Waals surface area contributed by atoms with E-state index < -0.39 is 0 Å². The third-order valence-electron chi connectivity index (χ3n) is 4.38. The molecule has 0 fully saturated rings. The number of nitrogens with zero attached hydrogens (tertiary/aromatic N) is 1. The van der Waals surface area contributed by atoms with Gasteiger partial charge in [0.15, 0.2) is 0 Å². The minimum absolute atomic E-state index is 0.173. The van der Waals surface area contributed by atoms with Crippen molar-refractivity contribution in [2.24, 2.45) is 0 Å². The van der Waals surface area contributed by atoms with Crippen LogP contribution in [-0.2, 0) is 6.54 Å². The predicted molar refractivity (Wildman–Crippen MR) is 107 cm³/mol. The molecule has 0 bridgehead atoms. The molecule has 0 saturated carbocycles. The zero-order chi connectivity index (χ0) is 19.2. The quantitative estimate of drug-likeness (QED) is 0.648. The van der Waals surface area contributed by atoms with Crippen LogP contribution in [0.3, 0.4) is 0 Å². The first kappa shape index (κ1) is 18.7. The average molecular weight is 363 g/mol. The molecule has 0 atom stereocenters. The highest BCUT2D eigenvalue weighted by atomic mass is 16.5. The van der Waals surface area contributed by atoms with Crippen LogP contribution in [0.4, 0.5) is 0 Å². The molecule has 27 heavy (non-hydrogen) atoms. The molecule has 0 aliphatic heterocycles. The van der Waals surface area contributed by atoms with E-state index in [1.54, 1.807) is 6.07 Å². The number of aromatic amines is 1. The van der Waals surface area contributed by atoms with E-state index in [4.69, 9.17) is 4.74 Å². The van der Waals surface area contributed by atoms with Crippen LogP contribution in [0.2, 0.25) is 0 Å². The van der Waals surface area contributed by atoms with Crippen molar-refractivity contribution in [2.45, 2.75) is 33.2 Å². The van der Waals surface area contributed by atoms with Crippen molar-refractivity contribution >= 4 is 5.91 Å². The Kier molecular flexibility index (Phi) is 5.91. The minimum atomic E-state index is -0.173. The highest BCUT2D eigenvalue weighted by molar-refractivity contribution is 5.93. The molecule has 0 radical (unpaired) electrons. The molecule has 1 amide bonds. The van der Waals surface area contributed by atoms with Gasteiger partial charge in [0.25, 0.3) is 5.91 Å².